The highest BCUT2D eigenvalue weighted by atomic mass is 32.2. The minimum absolute atomic E-state index is 0.151. The molecule has 2 N–H and O–H groups in total. The molecule has 0 saturated carbocycles. The summed E-state index contributed by atoms with van der Waals surface area (Å²) in [6.07, 6.45) is 0. The second-order valence-corrected chi connectivity index (χ2v) is 6.25. The SMILES string of the molecule is NC(=Nc1ccccc1)N1CCS(=O)(=O)CC1. The molecular formula is C11H15N3O2S. The molecule has 6 heteroatoms. The summed E-state index contributed by atoms with van der Waals surface area (Å²) in [4.78, 5) is 6.06. The molecule has 92 valence electrons. The first kappa shape index (κ1) is 11.9. The van der Waals surface area contributed by atoms with Gasteiger partial charge in [0.2, 0.25) is 0 Å². The van der Waals surface area contributed by atoms with Crippen molar-refractivity contribution in [3.63, 3.8) is 0 Å². The smallest absolute Gasteiger partial charge is 0.196 e. The van der Waals surface area contributed by atoms with Gasteiger partial charge in [-0.2, -0.15) is 0 Å². The standard InChI is InChI=1S/C11H15N3O2S/c12-11(13-10-4-2-1-3-5-10)14-6-8-17(15,16)9-7-14/h1-5H,6-9H2,(H2,12,13). The third-order valence-electron chi connectivity index (χ3n) is 2.67. The van der Waals surface area contributed by atoms with Gasteiger partial charge in [0.05, 0.1) is 17.2 Å². The molecule has 1 aromatic carbocycles. The second kappa shape index (κ2) is 4.75. The second-order valence-electron chi connectivity index (χ2n) is 3.94. The Bertz CT molecular complexity index is 497. The van der Waals surface area contributed by atoms with Crippen molar-refractivity contribution >= 4 is 21.5 Å². The van der Waals surface area contributed by atoms with Crippen LogP contribution in [0.15, 0.2) is 35.3 Å². The van der Waals surface area contributed by atoms with Gasteiger partial charge in [0, 0.05) is 13.1 Å². The first-order chi connectivity index (χ1) is 8.07. The van der Waals surface area contributed by atoms with Crippen LogP contribution < -0.4 is 5.73 Å². The lowest BCUT2D eigenvalue weighted by molar-refractivity contribution is 0.438. The first-order valence-electron chi connectivity index (χ1n) is 5.41. The fourth-order valence-corrected chi connectivity index (χ4v) is 2.85. The molecular weight excluding hydrogens is 238 g/mol. The number of aliphatic imine (C=N–C) groups is 1. The van der Waals surface area contributed by atoms with E-state index in [0.717, 1.165) is 5.69 Å². The summed E-state index contributed by atoms with van der Waals surface area (Å²) in [7, 11) is -2.87. The first-order valence-corrected chi connectivity index (χ1v) is 7.23. The largest absolute Gasteiger partial charge is 0.369 e. The van der Waals surface area contributed by atoms with Crippen LogP contribution in [0.4, 0.5) is 5.69 Å². The lowest BCUT2D eigenvalue weighted by Crippen LogP contribution is -2.46. The zero-order chi connectivity index (χ0) is 12.3. The molecule has 0 aliphatic carbocycles. The minimum atomic E-state index is -2.87. The topological polar surface area (TPSA) is 75.8 Å². The summed E-state index contributed by atoms with van der Waals surface area (Å²) in [6.45, 7) is 0.842. The Balaban J connectivity index is 2.07. The van der Waals surface area contributed by atoms with Crippen LogP contribution in [0.5, 0.6) is 0 Å². The quantitative estimate of drug-likeness (QED) is 0.579. The Morgan fingerprint density at radius 3 is 2.35 bits per heavy atom. The van der Waals surface area contributed by atoms with Gasteiger partial charge in [0.15, 0.2) is 15.8 Å². The van der Waals surface area contributed by atoms with Crippen molar-refractivity contribution in [2.75, 3.05) is 24.6 Å². The van der Waals surface area contributed by atoms with Crippen LogP contribution in [0.2, 0.25) is 0 Å². The zero-order valence-corrected chi connectivity index (χ0v) is 10.2. The molecule has 1 aromatic rings. The highest BCUT2D eigenvalue weighted by molar-refractivity contribution is 7.91. The average Bonchev–Trinajstić information content (AvgIpc) is 2.30. The van der Waals surface area contributed by atoms with E-state index in [9.17, 15) is 8.42 Å². The van der Waals surface area contributed by atoms with Crippen molar-refractivity contribution < 1.29 is 8.42 Å². The molecule has 5 nitrogen and oxygen atoms in total. The third kappa shape index (κ3) is 3.20. The molecule has 1 aliphatic heterocycles. The van der Waals surface area contributed by atoms with Gasteiger partial charge in [-0.3, -0.25) is 0 Å². The lowest BCUT2D eigenvalue weighted by atomic mass is 10.3. The Kier molecular flexibility index (Phi) is 3.33. The van der Waals surface area contributed by atoms with Gasteiger partial charge < -0.3 is 10.6 Å². The molecule has 0 aromatic heterocycles. The van der Waals surface area contributed by atoms with E-state index in [1.165, 1.54) is 0 Å². The maximum atomic E-state index is 11.3. The van der Waals surface area contributed by atoms with Gasteiger partial charge in [-0.1, -0.05) is 18.2 Å². The number of benzene rings is 1. The predicted molar refractivity (Wildman–Crippen MR) is 68.0 cm³/mol. The van der Waals surface area contributed by atoms with Gasteiger partial charge in [0.25, 0.3) is 0 Å². The van der Waals surface area contributed by atoms with Crippen LogP contribution in [-0.4, -0.2) is 43.9 Å². The maximum Gasteiger partial charge on any atom is 0.196 e. The number of para-hydroxylation sites is 1. The van der Waals surface area contributed by atoms with Crippen molar-refractivity contribution in [2.45, 2.75) is 0 Å². The summed E-state index contributed by atoms with van der Waals surface area (Å²) in [5.74, 6) is 0.682. The van der Waals surface area contributed by atoms with E-state index in [0.29, 0.717) is 19.0 Å². The summed E-state index contributed by atoms with van der Waals surface area (Å²) in [6, 6.07) is 9.38. The number of nitrogens with two attached hydrogens (primary N) is 1. The molecule has 1 heterocycles. The van der Waals surface area contributed by atoms with E-state index >= 15 is 0 Å². The Morgan fingerprint density at radius 2 is 1.76 bits per heavy atom. The molecule has 0 spiro atoms. The molecule has 17 heavy (non-hydrogen) atoms. The van der Waals surface area contributed by atoms with E-state index in [2.05, 4.69) is 4.99 Å². The van der Waals surface area contributed by atoms with E-state index in [1.54, 1.807) is 4.90 Å². The van der Waals surface area contributed by atoms with E-state index in [-0.39, 0.29) is 11.5 Å². The summed E-state index contributed by atoms with van der Waals surface area (Å²) in [5.41, 5.74) is 6.63. The highest BCUT2D eigenvalue weighted by Crippen LogP contribution is 2.11. The van der Waals surface area contributed by atoms with E-state index in [4.69, 9.17) is 5.73 Å². The fourth-order valence-electron chi connectivity index (χ4n) is 1.65. The van der Waals surface area contributed by atoms with Crippen LogP contribution in [0.25, 0.3) is 0 Å². The summed E-state index contributed by atoms with van der Waals surface area (Å²) in [5, 5.41) is 0. The molecule has 0 bridgehead atoms. The van der Waals surface area contributed by atoms with Crippen molar-refractivity contribution in [1.29, 1.82) is 0 Å². The molecule has 0 amide bonds. The predicted octanol–water partition coefficient (Wildman–Crippen LogP) is 0.363. The lowest BCUT2D eigenvalue weighted by Gasteiger charge is -2.27. The Labute approximate surface area is 101 Å². The van der Waals surface area contributed by atoms with Crippen LogP contribution >= 0.6 is 0 Å². The van der Waals surface area contributed by atoms with Gasteiger partial charge in [-0.15, -0.1) is 0 Å². The van der Waals surface area contributed by atoms with Crippen LogP contribution in [-0.2, 0) is 9.84 Å². The van der Waals surface area contributed by atoms with Gasteiger partial charge in [0.1, 0.15) is 0 Å². The zero-order valence-electron chi connectivity index (χ0n) is 9.41. The normalized spacial score (nSPS) is 20.2. The minimum Gasteiger partial charge on any atom is -0.369 e. The molecule has 0 unspecified atom stereocenters. The highest BCUT2D eigenvalue weighted by Gasteiger charge is 2.22. The molecule has 1 saturated heterocycles. The van der Waals surface area contributed by atoms with Crippen LogP contribution in [0, 0.1) is 0 Å². The van der Waals surface area contributed by atoms with E-state index < -0.39 is 9.84 Å². The van der Waals surface area contributed by atoms with Gasteiger partial charge in [-0.05, 0) is 12.1 Å². The number of sulfone groups is 1. The van der Waals surface area contributed by atoms with Gasteiger partial charge >= 0.3 is 0 Å². The van der Waals surface area contributed by atoms with Crippen LogP contribution in [0.1, 0.15) is 0 Å². The summed E-state index contributed by atoms with van der Waals surface area (Å²) < 4.78 is 22.5. The van der Waals surface area contributed by atoms with Crippen molar-refractivity contribution in [3.05, 3.63) is 30.3 Å². The molecule has 2 rings (SSSR count). The Hall–Kier alpha value is -1.56. The fraction of sp³-hybridized carbons (Fsp3) is 0.364. The maximum absolute atomic E-state index is 11.3. The number of guanidine groups is 1. The number of hydrogen-bond donors (Lipinski definition) is 1. The Morgan fingerprint density at radius 1 is 1.18 bits per heavy atom. The third-order valence-corrected chi connectivity index (χ3v) is 4.28. The van der Waals surface area contributed by atoms with Crippen molar-refractivity contribution in [3.8, 4) is 0 Å². The molecule has 1 aliphatic rings. The molecule has 1 fully saturated rings. The molecule has 0 atom stereocenters. The number of rotatable bonds is 1. The molecule has 0 radical (unpaired) electrons. The number of nitrogens with zero attached hydrogens (tertiary/aromatic N) is 2. The monoisotopic (exact) mass is 253 g/mol. The van der Waals surface area contributed by atoms with Crippen molar-refractivity contribution in [2.24, 2.45) is 10.7 Å². The summed E-state index contributed by atoms with van der Waals surface area (Å²) >= 11 is 0. The number of hydrogen-bond acceptors (Lipinski definition) is 3. The van der Waals surface area contributed by atoms with Crippen molar-refractivity contribution in [1.82, 2.24) is 4.90 Å². The average molecular weight is 253 g/mol. The van der Waals surface area contributed by atoms with Crippen LogP contribution in [0.3, 0.4) is 0 Å². The van der Waals surface area contributed by atoms with Gasteiger partial charge in [-0.25, -0.2) is 13.4 Å². The van der Waals surface area contributed by atoms with E-state index in [1.807, 2.05) is 30.3 Å².